The van der Waals surface area contributed by atoms with Crippen LogP contribution in [0.1, 0.15) is 71.1 Å². The van der Waals surface area contributed by atoms with Crippen molar-refractivity contribution >= 4 is 0 Å². The summed E-state index contributed by atoms with van der Waals surface area (Å²) >= 11 is 0. The SMILES string of the molecule is CCCNC1CC2CCC(C1)N2C1CCCCCC1O. The van der Waals surface area contributed by atoms with Crippen LogP contribution in [0.4, 0.5) is 0 Å². The first-order valence-corrected chi connectivity index (χ1v) is 8.98. The van der Waals surface area contributed by atoms with Crippen molar-refractivity contribution in [2.45, 2.75) is 101 Å². The molecule has 2 N–H and O–H groups in total. The number of aliphatic hydroxyl groups excluding tert-OH is 1. The number of nitrogens with one attached hydrogen (secondary N) is 1. The molecule has 3 heteroatoms. The molecule has 0 amide bonds. The quantitative estimate of drug-likeness (QED) is 0.777. The third-order valence-electron chi connectivity index (χ3n) is 5.80. The fourth-order valence-corrected chi connectivity index (χ4v) is 4.89. The Morgan fingerprint density at radius 3 is 2.40 bits per heavy atom. The lowest BCUT2D eigenvalue weighted by Crippen LogP contribution is -2.56. The van der Waals surface area contributed by atoms with Crippen molar-refractivity contribution in [2.75, 3.05) is 6.54 Å². The molecule has 4 unspecified atom stereocenters. The molecule has 0 spiro atoms. The first-order valence-electron chi connectivity index (χ1n) is 8.98. The Morgan fingerprint density at radius 2 is 1.70 bits per heavy atom. The average molecular weight is 280 g/mol. The van der Waals surface area contributed by atoms with E-state index in [1.165, 1.54) is 57.8 Å². The van der Waals surface area contributed by atoms with Crippen molar-refractivity contribution in [1.82, 2.24) is 10.2 Å². The van der Waals surface area contributed by atoms with Crippen molar-refractivity contribution in [3.8, 4) is 0 Å². The first kappa shape index (κ1) is 14.8. The Morgan fingerprint density at radius 1 is 1.00 bits per heavy atom. The summed E-state index contributed by atoms with van der Waals surface area (Å²) in [6.45, 7) is 3.41. The maximum absolute atomic E-state index is 10.5. The highest BCUT2D eigenvalue weighted by Gasteiger charge is 2.45. The summed E-state index contributed by atoms with van der Waals surface area (Å²) < 4.78 is 0. The van der Waals surface area contributed by atoms with Gasteiger partial charge in [0.25, 0.3) is 0 Å². The van der Waals surface area contributed by atoms with Gasteiger partial charge in [0.05, 0.1) is 6.10 Å². The van der Waals surface area contributed by atoms with E-state index in [0.717, 1.165) is 31.1 Å². The summed E-state index contributed by atoms with van der Waals surface area (Å²) in [6, 6.07) is 2.66. The van der Waals surface area contributed by atoms with Crippen LogP contribution in [0.5, 0.6) is 0 Å². The molecule has 2 aliphatic heterocycles. The Kier molecular flexibility index (Phi) is 5.00. The maximum atomic E-state index is 10.5. The molecule has 0 aromatic heterocycles. The third-order valence-corrected chi connectivity index (χ3v) is 5.80. The second-order valence-electron chi connectivity index (χ2n) is 7.23. The van der Waals surface area contributed by atoms with Gasteiger partial charge in [0.15, 0.2) is 0 Å². The Hall–Kier alpha value is -0.120. The molecular formula is C17H32N2O. The summed E-state index contributed by atoms with van der Waals surface area (Å²) in [7, 11) is 0. The predicted molar refractivity (Wildman–Crippen MR) is 82.8 cm³/mol. The van der Waals surface area contributed by atoms with Gasteiger partial charge in [0.1, 0.15) is 0 Å². The molecule has 2 saturated heterocycles. The van der Waals surface area contributed by atoms with Gasteiger partial charge in [-0.25, -0.2) is 0 Å². The topological polar surface area (TPSA) is 35.5 Å². The zero-order valence-electron chi connectivity index (χ0n) is 13.1. The number of aliphatic hydroxyl groups is 1. The van der Waals surface area contributed by atoms with Gasteiger partial charge in [-0.05, 0) is 51.5 Å². The zero-order chi connectivity index (χ0) is 13.9. The summed E-state index contributed by atoms with van der Waals surface area (Å²) in [5, 5.41) is 14.2. The normalized spacial score (nSPS) is 42.6. The van der Waals surface area contributed by atoms with Crippen LogP contribution in [0, 0.1) is 0 Å². The van der Waals surface area contributed by atoms with Gasteiger partial charge < -0.3 is 10.4 Å². The van der Waals surface area contributed by atoms with Crippen LogP contribution < -0.4 is 5.32 Å². The average Bonchev–Trinajstić information content (AvgIpc) is 2.64. The molecule has 0 aromatic carbocycles. The highest BCUT2D eigenvalue weighted by Crippen LogP contribution is 2.40. The van der Waals surface area contributed by atoms with Gasteiger partial charge >= 0.3 is 0 Å². The van der Waals surface area contributed by atoms with E-state index >= 15 is 0 Å². The lowest BCUT2D eigenvalue weighted by Gasteiger charge is -2.45. The van der Waals surface area contributed by atoms with Gasteiger partial charge in [0.2, 0.25) is 0 Å². The van der Waals surface area contributed by atoms with E-state index in [9.17, 15) is 5.11 Å². The molecule has 0 aromatic rings. The molecule has 2 heterocycles. The molecule has 1 aliphatic carbocycles. The minimum atomic E-state index is -0.0687. The molecule has 20 heavy (non-hydrogen) atoms. The molecule has 4 atom stereocenters. The van der Waals surface area contributed by atoms with Crippen LogP contribution in [0.15, 0.2) is 0 Å². The predicted octanol–water partition coefficient (Wildman–Crippen LogP) is 2.68. The van der Waals surface area contributed by atoms with Crippen molar-refractivity contribution in [3.63, 3.8) is 0 Å². The van der Waals surface area contributed by atoms with Crippen LogP contribution >= 0.6 is 0 Å². The minimum Gasteiger partial charge on any atom is -0.391 e. The molecule has 2 bridgehead atoms. The molecule has 1 saturated carbocycles. The van der Waals surface area contributed by atoms with Gasteiger partial charge in [-0.2, -0.15) is 0 Å². The van der Waals surface area contributed by atoms with Crippen molar-refractivity contribution < 1.29 is 5.11 Å². The second-order valence-corrected chi connectivity index (χ2v) is 7.23. The van der Waals surface area contributed by atoms with Crippen LogP contribution in [-0.2, 0) is 0 Å². The molecule has 116 valence electrons. The maximum Gasteiger partial charge on any atom is 0.0695 e. The third kappa shape index (κ3) is 3.05. The van der Waals surface area contributed by atoms with E-state index in [0.29, 0.717) is 6.04 Å². The second kappa shape index (κ2) is 6.76. The lowest BCUT2D eigenvalue weighted by atomic mass is 9.92. The Labute approximate surface area is 124 Å². The zero-order valence-corrected chi connectivity index (χ0v) is 13.1. The van der Waals surface area contributed by atoms with E-state index in [-0.39, 0.29) is 6.10 Å². The number of hydrogen-bond acceptors (Lipinski definition) is 3. The molecular weight excluding hydrogens is 248 g/mol. The highest BCUT2D eigenvalue weighted by molar-refractivity contribution is 5.01. The fourth-order valence-electron chi connectivity index (χ4n) is 4.89. The number of hydrogen-bond donors (Lipinski definition) is 2. The first-order chi connectivity index (χ1) is 9.79. The van der Waals surface area contributed by atoms with E-state index in [1.807, 2.05) is 0 Å². The van der Waals surface area contributed by atoms with Gasteiger partial charge in [0, 0.05) is 24.2 Å². The van der Waals surface area contributed by atoms with E-state index < -0.39 is 0 Å². The molecule has 3 fully saturated rings. The van der Waals surface area contributed by atoms with Gasteiger partial charge in [-0.15, -0.1) is 0 Å². The summed E-state index contributed by atoms with van der Waals surface area (Å²) in [5.41, 5.74) is 0. The summed E-state index contributed by atoms with van der Waals surface area (Å²) in [5.74, 6) is 0. The molecule has 3 nitrogen and oxygen atoms in total. The molecule has 0 radical (unpaired) electrons. The van der Waals surface area contributed by atoms with Crippen LogP contribution in [0.25, 0.3) is 0 Å². The molecule has 3 aliphatic rings. The van der Waals surface area contributed by atoms with E-state index in [2.05, 4.69) is 17.1 Å². The monoisotopic (exact) mass is 280 g/mol. The number of nitrogens with zero attached hydrogens (tertiary/aromatic N) is 1. The largest absolute Gasteiger partial charge is 0.391 e. The Balaban J connectivity index is 1.63. The number of piperidine rings is 1. The lowest BCUT2D eigenvalue weighted by molar-refractivity contribution is -0.00780. The standard InChI is InChI=1S/C17H32N2O/c1-2-10-18-13-11-14-8-9-15(12-13)19(14)16-6-4-3-5-7-17(16)20/h13-18,20H,2-12H2,1H3. The van der Waals surface area contributed by atoms with E-state index in [4.69, 9.17) is 0 Å². The minimum absolute atomic E-state index is 0.0687. The highest BCUT2D eigenvalue weighted by atomic mass is 16.3. The smallest absolute Gasteiger partial charge is 0.0695 e. The Bertz CT molecular complexity index is 295. The van der Waals surface area contributed by atoms with Crippen molar-refractivity contribution in [3.05, 3.63) is 0 Å². The number of fused-ring (bicyclic) bond motifs is 2. The van der Waals surface area contributed by atoms with Crippen LogP contribution in [-0.4, -0.2) is 46.8 Å². The summed E-state index contributed by atoms with van der Waals surface area (Å²) in [6.07, 6.45) is 12.6. The molecule has 3 rings (SSSR count). The fraction of sp³-hybridized carbons (Fsp3) is 1.00. The van der Waals surface area contributed by atoms with Gasteiger partial charge in [-0.1, -0.05) is 26.2 Å². The van der Waals surface area contributed by atoms with Crippen LogP contribution in [0.2, 0.25) is 0 Å². The van der Waals surface area contributed by atoms with E-state index in [1.54, 1.807) is 0 Å². The summed E-state index contributed by atoms with van der Waals surface area (Å²) in [4.78, 5) is 2.75. The van der Waals surface area contributed by atoms with Crippen molar-refractivity contribution in [2.24, 2.45) is 0 Å². The number of rotatable bonds is 4. The van der Waals surface area contributed by atoms with Crippen molar-refractivity contribution in [1.29, 1.82) is 0 Å². The van der Waals surface area contributed by atoms with Gasteiger partial charge in [-0.3, -0.25) is 4.90 Å². The van der Waals surface area contributed by atoms with Crippen LogP contribution in [0.3, 0.4) is 0 Å².